The number of nitrogens with one attached hydrogen (secondary N) is 2. The standard InChI is InChI=1S/C25H37N3O3/c1-4-20(5-2)24-17-21(13-16-31-24)28-25(26-14-12-23-7-6-15-30-23)27-18-19-8-10-22(29-3)11-9-19/h6-11,15,20-21,24H,4-5,12-14,16-18H2,1-3H3,(H2,26,27,28). The minimum absolute atomic E-state index is 0.326. The monoisotopic (exact) mass is 427 g/mol. The van der Waals surface area contributed by atoms with Gasteiger partial charge in [-0.15, -0.1) is 0 Å². The molecule has 2 aromatic rings. The van der Waals surface area contributed by atoms with Gasteiger partial charge >= 0.3 is 0 Å². The Kier molecular flexibility index (Phi) is 9.28. The van der Waals surface area contributed by atoms with E-state index in [9.17, 15) is 0 Å². The van der Waals surface area contributed by atoms with Crippen LogP contribution in [0.4, 0.5) is 0 Å². The Morgan fingerprint density at radius 3 is 2.68 bits per heavy atom. The zero-order valence-electron chi connectivity index (χ0n) is 19.1. The summed E-state index contributed by atoms with van der Waals surface area (Å²) in [5, 5.41) is 7.15. The highest BCUT2D eigenvalue weighted by Gasteiger charge is 2.28. The van der Waals surface area contributed by atoms with Crippen molar-refractivity contribution in [1.29, 1.82) is 0 Å². The van der Waals surface area contributed by atoms with Crippen molar-refractivity contribution in [3.63, 3.8) is 0 Å². The van der Waals surface area contributed by atoms with Gasteiger partial charge < -0.3 is 24.5 Å². The molecule has 0 aliphatic carbocycles. The largest absolute Gasteiger partial charge is 0.497 e. The fraction of sp³-hybridized carbons (Fsp3) is 0.560. The minimum atomic E-state index is 0.326. The van der Waals surface area contributed by atoms with Gasteiger partial charge in [-0.2, -0.15) is 0 Å². The second-order valence-corrected chi connectivity index (χ2v) is 8.12. The molecule has 2 unspecified atom stereocenters. The van der Waals surface area contributed by atoms with E-state index < -0.39 is 0 Å². The van der Waals surface area contributed by atoms with Crippen LogP contribution in [-0.2, 0) is 17.7 Å². The summed E-state index contributed by atoms with van der Waals surface area (Å²) in [7, 11) is 1.68. The minimum Gasteiger partial charge on any atom is -0.497 e. The molecule has 1 aromatic heterocycles. The van der Waals surface area contributed by atoms with Gasteiger partial charge in [0.25, 0.3) is 0 Å². The SMILES string of the molecule is CCC(CC)C1CC(NC(=NCc2ccc(OC)cc2)NCCc2ccco2)CCO1. The first-order valence-corrected chi connectivity index (χ1v) is 11.5. The molecule has 0 bridgehead atoms. The summed E-state index contributed by atoms with van der Waals surface area (Å²) in [5.74, 6) is 3.30. The predicted octanol–water partition coefficient (Wildman–Crippen LogP) is 4.55. The molecule has 6 nitrogen and oxygen atoms in total. The van der Waals surface area contributed by atoms with Crippen molar-refractivity contribution in [3.8, 4) is 5.75 Å². The summed E-state index contributed by atoms with van der Waals surface area (Å²) in [5.41, 5.74) is 1.15. The molecular formula is C25H37N3O3. The second-order valence-electron chi connectivity index (χ2n) is 8.12. The van der Waals surface area contributed by atoms with Crippen LogP contribution in [0.25, 0.3) is 0 Å². The van der Waals surface area contributed by atoms with Crippen LogP contribution in [0.3, 0.4) is 0 Å². The smallest absolute Gasteiger partial charge is 0.191 e. The van der Waals surface area contributed by atoms with Gasteiger partial charge in [-0.1, -0.05) is 38.8 Å². The van der Waals surface area contributed by atoms with E-state index in [2.05, 4.69) is 36.6 Å². The summed E-state index contributed by atoms with van der Waals surface area (Å²) in [6.07, 6.45) is 7.20. The van der Waals surface area contributed by atoms with E-state index in [1.807, 2.05) is 24.3 Å². The molecule has 31 heavy (non-hydrogen) atoms. The molecule has 1 fully saturated rings. The van der Waals surface area contributed by atoms with Gasteiger partial charge in [-0.3, -0.25) is 0 Å². The lowest BCUT2D eigenvalue weighted by Gasteiger charge is -2.35. The number of nitrogens with zero attached hydrogens (tertiary/aromatic N) is 1. The normalized spacial score (nSPS) is 19.4. The Bertz CT molecular complexity index is 770. The van der Waals surface area contributed by atoms with E-state index in [0.717, 1.165) is 68.3 Å². The van der Waals surface area contributed by atoms with Gasteiger partial charge in [0.1, 0.15) is 11.5 Å². The van der Waals surface area contributed by atoms with E-state index in [1.54, 1.807) is 13.4 Å². The van der Waals surface area contributed by atoms with Crippen LogP contribution in [0.2, 0.25) is 0 Å². The zero-order valence-corrected chi connectivity index (χ0v) is 19.1. The third-order valence-corrected chi connectivity index (χ3v) is 6.05. The van der Waals surface area contributed by atoms with Crippen molar-refractivity contribution in [1.82, 2.24) is 10.6 Å². The molecule has 1 saturated heterocycles. The van der Waals surface area contributed by atoms with E-state index >= 15 is 0 Å². The van der Waals surface area contributed by atoms with Crippen LogP contribution in [0, 0.1) is 5.92 Å². The molecule has 2 atom stereocenters. The number of benzene rings is 1. The first kappa shape index (κ1) is 23.2. The molecule has 2 heterocycles. The lowest BCUT2D eigenvalue weighted by Crippen LogP contribution is -2.48. The first-order valence-electron chi connectivity index (χ1n) is 11.5. The third kappa shape index (κ3) is 7.31. The van der Waals surface area contributed by atoms with Crippen molar-refractivity contribution in [3.05, 3.63) is 54.0 Å². The number of methoxy groups -OCH3 is 1. The number of hydrogen-bond donors (Lipinski definition) is 2. The summed E-state index contributed by atoms with van der Waals surface area (Å²) >= 11 is 0. The molecular weight excluding hydrogens is 390 g/mol. The Morgan fingerprint density at radius 1 is 1.19 bits per heavy atom. The molecule has 0 spiro atoms. The molecule has 0 radical (unpaired) electrons. The summed E-state index contributed by atoms with van der Waals surface area (Å²) in [6, 6.07) is 12.3. The van der Waals surface area contributed by atoms with Gasteiger partial charge in [0.15, 0.2) is 5.96 Å². The van der Waals surface area contributed by atoms with Crippen LogP contribution < -0.4 is 15.4 Å². The van der Waals surface area contributed by atoms with Gasteiger partial charge in [-0.05, 0) is 48.6 Å². The average molecular weight is 428 g/mol. The second kappa shape index (κ2) is 12.4. The number of guanidine groups is 1. The van der Waals surface area contributed by atoms with Crippen LogP contribution in [0.1, 0.15) is 50.9 Å². The average Bonchev–Trinajstić information content (AvgIpc) is 3.32. The highest BCUT2D eigenvalue weighted by Crippen LogP contribution is 2.25. The Hall–Kier alpha value is -2.47. The molecule has 170 valence electrons. The Balaban J connectivity index is 1.62. The first-order chi connectivity index (χ1) is 15.2. The molecule has 2 N–H and O–H groups in total. The lowest BCUT2D eigenvalue weighted by molar-refractivity contribution is -0.0324. The fourth-order valence-electron chi connectivity index (χ4n) is 4.11. The number of ether oxygens (including phenoxy) is 2. The number of rotatable bonds is 10. The van der Waals surface area contributed by atoms with E-state index in [-0.39, 0.29) is 0 Å². The highest BCUT2D eigenvalue weighted by molar-refractivity contribution is 5.80. The van der Waals surface area contributed by atoms with E-state index in [4.69, 9.17) is 18.9 Å². The number of furan rings is 1. The Labute approximate surface area is 186 Å². The molecule has 1 aliphatic rings. The maximum Gasteiger partial charge on any atom is 0.191 e. The van der Waals surface area contributed by atoms with Gasteiger partial charge in [0.2, 0.25) is 0 Å². The molecule has 1 aromatic carbocycles. The highest BCUT2D eigenvalue weighted by atomic mass is 16.5. The number of aliphatic imine (C=N–C) groups is 1. The number of hydrogen-bond acceptors (Lipinski definition) is 4. The Morgan fingerprint density at radius 2 is 2.00 bits per heavy atom. The molecule has 0 amide bonds. The summed E-state index contributed by atoms with van der Waals surface area (Å²) in [6.45, 7) is 6.69. The quantitative estimate of drug-likeness (QED) is 0.430. The van der Waals surface area contributed by atoms with Crippen LogP contribution >= 0.6 is 0 Å². The van der Waals surface area contributed by atoms with Crippen LogP contribution in [0.15, 0.2) is 52.1 Å². The van der Waals surface area contributed by atoms with Crippen LogP contribution in [0.5, 0.6) is 5.75 Å². The fourth-order valence-corrected chi connectivity index (χ4v) is 4.11. The topological polar surface area (TPSA) is 68.0 Å². The molecule has 6 heteroatoms. The maximum absolute atomic E-state index is 6.09. The molecule has 3 rings (SSSR count). The van der Waals surface area contributed by atoms with Crippen molar-refractivity contribution in [2.24, 2.45) is 10.9 Å². The van der Waals surface area contributed by atoms with Gasteiger partial charge in [0, 0.05) is 25.6 Å². The van der Waals surface area contributed by atoms with Crippen molar-refractivity contribution in [2.45, 2.75) is 64.6 Å². The van der Waals surface area contributed by atoms with Crippen LogP contribution in [-0.4, -0.2) is 38.4 Å². The maximum atomic E-state index is 6.09. The third-order valence-electron chi connectivity index (χ3n) is 6.05. The van der Waals surface area contributed by atoms with E-state index in [0.29, 0.717) is 24.6 Å². The molecule has 1 aliphatic heterocycles. The molecule has 0 saturated carbocycles. The van der Waals surface area contributed by atoms with E-state index in [1.165, 1.54) is 0 Å². The summed E-state index contributed by atoms with van der Waals surface area (Å²) < 4.78 is 16.8. The van der Waals surface area contributed by atoms with Crippen molar-refractivity contribution >= 4 is 5.96 Å². The van der Waals surface area contributed by atoms with Gasteiger partial charge in [-0.25, -0.2) is 4.99 Å². The van der Waals surface area contributed by atoms with Crippen molar-refractivity contribution in [2.75, 3.05) is 20.3 Å². The predicted molar refractivity (Wildman–Crippen MR) is 125 cm³/mol. The van der Waals surface area contributed by atoms with Crippen molar-refractivity contribution < 1.29 is 13.9 Å². The van der Waals surface area contributed by atoms with Gasteiger partial charge in [0.05, 0.1) is 26.0 Å². The zero-order chi connectivity index (χ0) is 21.9. The lowest BCUT2D eigenvalue weighted by atomic mass is 9.89. The summed E-state index contributed by atoms with van der Waals surface area (Å²) in [4.78, 5) is 4.85.